The Kier molecular flexibility index (Phi) is 5.61. The zero-order valence-corrected chi connectivity index (χ0v) is 19.1. The highest BCUT2D eigenvalue weighted by Gasteiger charge is 2.20. The number of sulfonamides is 1. The molecule has 2 aromatic heterocycles. The molecule has 0 bridgehead atoms. The van der Waals surface area contributed by atoms with Crippen LogP contribution < -0.4 is 10.5 Å². The Morgan fingerprint density at radius 1 is 1.19 bits per heavy atom. The van der Waals surface area contributed by atoms with Crippen molar-refractivity contribution < 1.29 is 13.2 Å². The minimum atomic E-state index is -3.76. The minimum Gasteiger partial charge on any atom is -0.345 e. The average Bonchev–Trinajstić information content (AvgIpc) is 3.29. The van der Waals surface area contributed by atoms with Crippen molar-refractivity contribution in [1.29, 1.82) is 0 Å². The maximum absolute atomic E-state index is 12.9. The number of aromatic nitrogens is 2. The third kappa shape index (κ3) is 4.22. The number of halogens is 1. The lowest BCUT2D eigenvalue weighted by Gasteiger charge is -2.14. The molecular weight excluding hydrogens is 456 g/mol. The summed E-state index contributed by atoms with van der Waals surface area (Å²) in [6.07, 6.45) is 0. The number of hydrogen-bond acceptors (Lipinski definition) is 5. The summed E-state index contributed by atoms with van der Waals surface area (Å²) in [6.45, 7) is 3.72. The van der Waals surface area contributed by atoms with Crippen LogP contribution in [0.4, 0.5) is 0 Å². The molecule has 31 heavy (non-hydrogen) atoms. The van der Waals surface area contributed by atoms with Gasteiger partial charge in [0, 0.05) is 5.39 Å². The first-order valence-electron chi connectivity index (χ1n) is 9.33. The number of amides is 1. The van der Waals surface area contributed by atoms with Crippen LogP contribution >= 0.6 is 22.9 Å². The Balaban J connectivity index is 1.60. The van der Waals surface area contributed by atoms with E-state index in [9.17, 15) is 13.2 Å². The number of carbonyl (C=O) groups excluding carboxylic acids is 1. The predicted molar refractivity (Wildman–Crippen MR) is 122 cm³/mol. The van der Waals surface area contributed by atoms with Gasteiger partial charge in [0.25, 0.3) is 5.91 Å². The summed E-state index contributed by atoms with van der Waals surface area (Å²) in [5, 5.41) is 14.1. The number of para-hydroxylation sites is 1. The fourth-order valence-corrected chi connectivity index (χ4v) is 5.05. The van der Waals surface area contributed by atoms with Gasteiger partial charge in [-0.2, -0.15) is 5.10 Å². The number of primary sulfonamides is 1. The second-order valence-corrected chi connectivity index (χ2v) is 10.1. The highest BCUT2D eigenvalue weighted by molar-refractivity contribution is 7.89. The summed E-state index contributed by atoms with van der Waals surface area (Å²) in [5.74, 6) is -0.227. The van der Waals surface area contributed by atoms with E-state index in [1.165, 1.54) is 23.5 Å². The first-order valence-corrected chi connectivity index (χ1v) is 12.1. The van der Waals surface area contributed by atoms with Crippen LogP contribution in [-0.2, 0) is 10.0 Å². The van der Waals surface area contributed by atoms with Crippen molar-refractivity contribution in [3.05, 3.63) is 75.8 Å². The molecule has 7 nitrogen and oxygen atoms in total. The minimum absolute atomic E-state index is 0.0267. The molecule has 0 saturated heterocycles. The van der Waals surface area contributed by atoms with E-state index >= 15 is 0 Å². The maximum atomic E-state index is 12.9. The van der Waals surface area contributed by atoms with Gasteiger partial charge < -0.3 is 5.32 Å². The van der Waals surface area contributed by atoms with Crippen LogP contribution in [0.2, 0.25) is 5.02 Å². The predicted octanol–water partition coefficient (Wildman–Crippen LogP) is 4.19. The molecule has 3 N–H and O–H groups in total. The zero-order chi connectivity index (χ0) is 22.3. The lowest BCUT2D eigenvalue weighted by molar-refractivity contribution is 0.0944. The second-order valence-electron chi connectivity index (χ2n) is 7.09. The molecule has 4 aromatic rings. The molecule has 10 heteroatoms. The Bertz CT molecular complexity index is 1390. The van der Waals surface area contributed by atoms with E-state index in [2.05, 4.69) is 10.4 Å². The van der Waals surface area contributed by atoms with Crippen molar-refractivity contribution in [3.8, 4) is 5.69 Å². The highest BCUT2D eigenvalue weighted by Crippen LogP contribution is 2.32. The summed E-state index contributed by atoms with van der Waals surface area (Å²) in [7, 11) is -3.76. The van der Waals surface area contributed by atoms with Gasteiger partial charge in [0.05, 0.1) is 32.2 Å². The van der Waals surface area contributed by atoms with E-state index in [0.717, 1.165) is 27.2 Å². The topological polar surface area (TPSA) is 107 Å². The van der Waals surface area contributed by atoms with Crippen LogP contribution in [0.1, 0.15) is 33.9 Å². The van der Waals surface area contributed by atoms with Crippen molar-refractivity contribution in [3.63, 3.8) is 0 Å². The third-order valence-corrected chi connectivity index (χ3v) is 7.26. The number of nitrogens with two attached hydrogens (primary N) is 1. The molecule has 0 aliphatic heterocycles. The number of nitrogens with zero attached hydrogens (tertiary/aromatic N) is 2. The van der Waals surface area contributed by atoms with Crippen molar-refractivity contribution in [2.24, 2.45) is 5.14 Å². The van der Waals surface area contributed by atoms with Gasteiger partial charge >= 0.3 is 0 Å². The number of nitrogens with one attached hydrogen (secondary N) is 1. The highest BCUT2D eigenvalue weighted by atomic mass is 35.5. The molecule has 0 aliphatic carbocycles. The van der Waals surface area contributed by atoms with E-state index in [4.69, 9.17) is 16.7 Å². The number of rotatable bonds is 5. The zero-order valence-electron chi connectivity index (χ0n) is 16.7. The Morgan fingerprint density at radius 2 is 1.87 bits per heavy atom. The molecule has 2 heterocycles. The molecule has 1 unspecified atom stereocenters. The van der Waals surface area contributed by atoms with Gasteiger partial charge in [-0.1, -0.05) is 35.9 Å². The molecule has 0 spiro atoms. The first kappa shape index (κ1) is 21.5. The van der Waals surface area contributed by atoms with E-state index in [-0.39, 0.29) is 16.8 Å². The fourth-order valence-electron chi connectivity index (χ4n) is 3.24. The molecule has 160 valence electrons. The van der Waals surface area contributed by atoms with Crippen molar-refractivity contribution in [2.45, 2.75) is 24.8 Å². The summed E-state index contributed by atoms with van der Waals surface area (Å²) in [6, 6.07) is 15.0. The molecule has 1 amide bonds. The Morgan fingerprint density at radius 3 is 2.52 bits per heavy atom. The number of carbonyl (C=O) groups is 1. The molecule has 0 saturated carbocycles. The van der Waals surface area contributed by atoms with Gasteiger partial charge in [-0.15, -0.1) is 11.3 Å². The van der Waals surface area contributed by atoms with E-state index in [1.54, 1.807) is 22.9 Å². The molecular formula is C21H19ClN4O3S2. The second kappa shape index (κ2) is 8.08. The van der Waals surface area contributed by atoms with Gasteiger partial charge in [-0.3, -0.25) is 4.79 Å². The molecule has 2 aromatic carbocycles. The van der Waals surface area contributed by atoms with Crippen LogP contribution in [0.5, 0.6) is 0 Å². The van der Waals surface area contributed by atoms with Gasteiger partial charge in [0.2, 0.25) is 10.0 Å². The molecule has 0 aliphatic rings. The quantitative estimate of drug-likeness (QED) is 0.452. The Labute approximate surface area is 188 Å². The normalized spacial score (nSPS) is 12.8. The lowest BCUT2D eigenvalue weighted by atomic mass is 10.1. The number of fused-ring (bicyclic) bond motifs is 1. The largest absolute Gasteiger partial charge is 0.345 e. The van der Waals surface area contributed by atoms with Crippen LogP contribution in [0, 0.1) is 6.92 Å². The summed E-state index contributed by atoms with van der Waals surface area (Å²) >= 11 is 7.67. The van der Waals surface area contributed by atoms with Crippen LogP contribution in [0.25, 0.3) is 15.9 Å². The average molecular weight is 475 g/mol. The molecule has 1 atom stereocenters. The smallest absolute Gasteiger partial charge is 0.261 e. The first-order chi connectivity index (χ1) is 14.6. The fraction of sp³-hybridized carbons (Fsp3) is 0.143. The van der Waals surface area contributed by atoms with Crippen molar-refractivity contribution in [1.82, 2.24) is 15.1 Å². The van der Waals surface area contributed by atoms with E-state index < -0.39 is 10.0 Å². The number of benzene rings is 2. The van der Waals surface area contributed by atoms with E-state index in [1.807, 2.05) is 38.1 Å². The maximum Gasteiger partial charge on any atom is 0.261 e. The van der Waals surface area contributed by atoms with Crippen LogP contribution in [0.15, 0.2) is 59.5 Å². The lowest BCUT2D eigenvalue weighted by Crippen LogP contribution is -2.26. The van der Waals surface area contributed by atoms with E-state index in [0.29, 0.717) is 9.90 Å². The third-order valence-electron chi connectivity index (χ3n) is 4.91. The Hall–Kier alpha value is -2.72. The molecule has 0 radical (unpaired) electrons. The SMILES string of the molecule is Cc1nn(-c2ccccc2Cl)c2sc(C(=O)NC(C)c3ccc(S(N)(=O)=O)cc3)cc12. The van der Waals surface area contributed by atoms with Crippen molar-refractivity contribution >= 4 is 49.1 Å². The number of thiophene rings is 1. The van der Waals surface area contributed by atoms with Crippen LogP contribution in [0.3, 0.4) is 0 Å². The summed E-state index contributed by atoms with van der Waals surface area (Å²) in [4.78, 5) is 14.3. The van der Waals surface area contributed by atoms with Gasteiger partial charge in [-0.25, -0.2) is 18.2 Å². The van der Waals surface area contributed by atoms with Crippen LogP contribution in [-0.4, -0.2) is 24.1 Å². The van der Waals surface area contributed by atoms with Crippen molar-refractivity contribution in [2.75, 3.05) is 0 Å². The number of hydrogen-bond donors (Lipinski definition) is 2. The van der Waals surface area contributed by atoms with Gasteiger partial charge in [0.15, 0.2) is 0 Å². The molecule has 0 fully saturated rings. The van der Waals surface area contributed by atoms with Gasteiger partial charge in [-0.05, 0) is 49.7 Å². The summed E-state index contributed by atoms with van der Waals surface area (Å²) < 4.78 is 24.6. The molecule has 4 rings (SSSR count). The standard InChI is InChI=1S/C21H19ClN4O3S2/c1-12(14-7-9-15(10-8-14)31(23,28)29)24-20(27)19-11-16-13(2)25-26(21(16)30-19)18-6-4-3-5-17(18)22/h3-12H,1-2H3,(H,24,27)(H2,23,28,29). The summed E-state index contributed by atoms with van der Waals surface area (Å²) in [5.41, 5.74) is 2.32. The monoisotopic (exact) mass is 474 g/mol. The van der Waals surface area contributed by atoms with Gasteiger partial charge in [0.1, 0.15) is 4.83 Å². The number of aryl methyl sites for hydroxylation is 1.